The van der Waals surface area contributed by atoms with E-state index in [4.69, 9.17) is 4.74 Å². The van der Waals surface area contributed by atoms with Crippen LogP contribution in [0.3, 0.4) is 0 Å². The lowest BCUT2D eigenvalue weighted by Crippen LogP contribution is -2.47. The molecule has 0 aliphatic carbocycles. The van der Waals surface area contributed by atoms with Crippen LogP contribution < -0.4 is 10.2 Å². The van der Waals surface area contributed by atoms with Gasteiger partial charge < -0.3 is 10.1 Å². The molecule has 0 saturated carbocycles. The first-order valence-electron chi connectivity index (χ1n) is 5.85. The van der Waals surface area contributed by atoms with Crippen molar-refractivity contribution in [3.8, 4) is 0 Å². The first-order chi connectivity index (χ1) is 8.65. The van der Waals surface area contributed by atoms with Crippen LogP contribution in [0, 0.1) is 0 Å². The Hall–Kier alpha value is -1.72. The van der Waals surface area contributed by atoms with Crippen LogP contribution in [-0.2, 0) is 14.3 Å². The minimum Gasteiger partial charge on any atom is -0.362 e. The number of hydrogen-bond acceptors (Lipinski definition) is 4. The van der Waals surface area contributed by atoms with E-state index in [1.54, 1.807) is 6.07 Å². The molecule has 1 fully saturated rings. The number of ether oxygens (including phenoxy) is 1. The van der Waals surface area contributed by atoms with Crippen LogP contribution in [0.4, 0.5) is 5.69 Å². The van der Waals surface area contributed by atoms with E-state index in [1.165, 1.54) is 4.90 Å². The van der Waals surface area contributed by atoms with Crippen LogP contribution in [0.25, 0.3) is 0 Å². The van der Waals surface area contributed by atoms with E-state index in [0.29, 0.717) is 5.69 Å². The predicted octanol–water partition coefficient (Wildman–Crippen LogP) is 0.857. The van der Waals surface area contributed by atoms with Crippen LogP contribution in [0.1, 0.15) is 18.5 Å². The number of amides is 2. The highest BCUT2D eigenvalue weighted by Crippen LogP contribution is 2.27. The normalized spacial score (nSPS) is 18.0. The van der Waals surface area contributed by atoms with Gasteiger partial charge in [0.05, 0.1) is 5.69 Å². The van der Waals surface area contributed by atoms with E-state index in [-0.39, 0.29) is 31.1 Å². The molecule has 0 aromatic heterocycles. The molecule has 1 aromatic carbocycles. The summed E-state index contributed by atoms with van der Waals surface area (Å²) < 4.78 is 4.92. The summed E-state index contributed by atoms with van der Waals surface area (Å²) in [5.74, 6) is -0.635. The number of imide groups is 1. The average molecular weight is 248 g/mol. The van der Waals surface area contributed by atoms with Gasteiger partial charge in [-0.15, -0.1) is 0 Å². The van der Waals surface area contributed by atoms with Crippen molar-refractivity contribution in [3.63, 3.8) is 0 Å². The third-order valence-electron chi connectivity index (χ3n) is 3.03. The van der Waals surface area contributed by atoms with Gasteiger partial charge in [-0.05, 0) is 25.6 Å². The standard InChI is InChI=1S/C13H16N2O3/c1-9(14-2)10-5-3-4-6-11(10)15-12(16)7-18-8-13(15)17/h3-6,9,14H,7-8H2,1-2H3. The van der Waals surface area contributed by atoms with Crippen molar-refractivity contribution in [1.82, 2.24) is 5.32 Å². The highest BCUT2D eigenvalue weighted by atomic mass is 16.5. The van der Waals surface area contributed by atoms with Crippen molar-refractivity contribution < 1.29 is 14.3 Å². The Labute approximate surface area is 106 Å². The Morgan fingerprint density at radius 3 is 2.44 bits per heavy atom. The number of benzene rings is 1. The highest BCUT2D eigenvalue weighted by molar-refractivity contribution is 6.17. The molecule has 1 unspecified atom stereocenters. The van der Waals surface area contributed by atoms with Crippen LogP contribution in [-0.4, -0.2) is 32.1 Å². The number of rotatable bonds is 3. The first-order valence-corrected chi connectivity index (χ1v) is 5.85. The second-order valence-electron chi connectivity index (χ2n) is 4.18. The molecule has 2 amide bonds. The molecule has 1 aliphatic heterocycles. The molecular formula is C13H16N2O3. The number of nitrogens with one attached hydrogen (secondary N) is 1. The Kier molecular flexibility index (Phi) is 3.74. The molecule has 0 radical (unpaired) electrons. The van der Waals surface area contributed by atoms with E-state index in [9.17, 15) is 9.59 Å². The fraction of sp³-hybridized carbons (Fsp3) is 0.385. The first kappa shape index (κ1) is 12.7. The molecule has 96 valence electrons. The number of hydrogen-bond donors (Lipinski definition) is 1. The fourth-order valence-electron chi connectivity index (χ4n) is 1.98. The number of carbonyl (C=O) groups excluding carboxylic acids is 2. The topological polar surface area (TPSA) is 58.6 Å². The summed E-state index contributed by atoms with van der Waals surface area (Å²) in [5.41, 5.74) is 1.56. The van der Waals surface area contributed by atoms with Crippen LogP contribution >= 0.6 is 0 Å². The lowest BCUT2D eigenvalue weighted by Gasteiger charge is -2.28. The Morgan fingerprint density at radius 2 is 1.83 bits per heavy atom. The maximum atomic E-state index is 11.8. The van der Waals surface area contributed by atoms with Gasteiger partial charge in [-0.1, -0.05) is 18.2 Å². The second-order valence-corrected chi connectivity index (χ2v) is 4.18. The third kappa shape index (κ3) is 2.27. The molecule has 2 rings (SSSR count). The second kappa shape index (κ2) is 5.29. The molecule has 5 nitrogen and oxygen atoms in total. The number of para-hydroxylation sites is 1. The maximum Gasteiger partial charge on any atom is 0.259 e. The monoisotopic (exact) mass is 248 g/mol. The van der Waals surface area contributed by atoms with Gasteiger partial charge >= 0.3 is 0 Å². The van der Waals surface area contributed by atoms with Gasteiger partial charge in [-0.2, -0.15) is 0 Å². The summed E-state index contributed by atoms with van der Waals surface area (Å²) in [6, 6.07) is 7.46. The lowest BCUT2D eigenvalue weighted by molar-refractivity contribution is -0.138. The molecule has 5 heteroatoms. The molecule has 1 aromatic rings. The molecule has 1 heterocycles. The van der Waals surface area contributed by atoms with Crippen molar-refractivity contribution in [2.75, 3.05) is 25.2 Å². The van der Waals surface area contributed by atoms with Crippen molar-refractivity contribution in [3.05, 3.63) is 29.8 Å². The van der Waals surface area contributed by atoms with Crippen molar-refractivity contribution in [2.45, 2.75) is 13.0 Å². The van der Waals surface area contributed by atoms with Gasteiger partial charge in [0.1, 0.15) is 13.2 Å². The van der Waals surface area contributed by atoms with E-state index in [1.807, 2.05) is 32.2 Å². The van der Waals surface area contributed by atoms with Gasteiger partial charge in [-0.3, -0.25) is 9.59 Å². The number of morpholine rings is 1. The SMILES string of the molecule is CNC(C)c1ccccc1N1C(=O)COCC1=O. The highest BCUT2D eigenvalue weighted by Gasteiger charge is 2.30. The number of nitrogens with zero attached hydrogens (tertiary/aromatic N) is 1. The maximum absolute atomic E-state index is 11.8. The Morgan fingerprint density at radius 1 is 1.22 bits per heavy atom. The zero-order valence-corrected chi connectivity index (χ0v) is 10.5. The van der Waals surface area contributed by atoms with Crippen LogP contribution in [0.15, 0.2) is 24.3 Å². The van der Waals surface area contributed by atoms with Gasteiger partial charge in [0.2, 0.25) is 0 Å². The summed E-state index contributed by atoms with van der Waals surface area (Å²) in [4.78, 5) is 24.9. The Balaban J connectivity index is 2.43. The van der Waals surface area contributed by atoms with Crippen molar-refractivity contribution in [1.29, 1.82) is 0 Å². The van der Waals surface area contributed by atoms with Gasteiger partial charge in [0, 0.05) is 6.04 Å². The molecule has 1 saturated heterocycles. The van der Waals surface area contributed by atoms with E-state index in [0.717, 1.165) is 5.56 Å². The molecule has 1 aliphatic rings. The minimum absolute atomic E-state index is 0.0476. The molecule has 18 heavy (non-hydrogen) atoms. The van der Waals surface area contributed by atoms with E-state index in [2.05, 4.69) is 5.32 Å². The predicted molar refractivity (Wildman–Crippen MR) is 67.2 cm³/mol. The molecule has 0 bridgehead atoms. The average Bonchev–Trinajstić information content (AvgIpc) is 2.38. The lowest BCUT2D eigenvalue weighted by atomic mass is 10.0. The number of carbonyl (C=O) groups is 2. The smallest absolute Gasteiger partial charge is 0.259 e. The third-order valence-corrected chi connectivity index (χ3v) is 3.03. The zero-order chi connectivity index (χ0) is 13.1. The number of anilines is 1. The van der Waals surface area contributed by atoms with E-state index < -0.39 is 0 Å². The van der Waals surface area contributed by atoms with E-state index >= 15 is 0 Å². The van der Waals surface area contributed by atoms with Gasteiger partial charge in [-0.25, -0.2) is 4.90 Å². The van der Waals surface area contributed by atoms with Crippen LogP contribution in [0.5, 0.6) is 0 Å². The molecule has 1 N–H and O–H groups in total. The largest absolute Gasteiger partial charge is 0.362 e. The summed E-state index contributed by atoms with van der Waals surface area (Å²) in [6.07, 6.45) is 0. The molecular weight excluding hydrogens is 232 g/mol. The summed E-state index contributed by atoms with van der Waals surface area (Å²) in [5, 5.41) is 3.11. The Bertz CT molecular complexity index is 457. The van der Waals surface area contributed by atoms with Gasteiger partial charge in [0.25, 0.3) is 11.8 Å². The molecule has 0 spiro atoms. The van der Waals surface area contributed by atoms with Crippen molar-refractivity contribution >= 4 is 17.5 Å². The van der Waals surface area contributed by atoms with Crippen molar-refractivity contribution in [2.24, 2.45) is 0 Å². The summed E-state index contributed by atoms with van der Waals surface area (Å²) >= 11 is 0. The van der Waals surface area contributed by atoms with Crippen LogP contribution in [0.2, 0.25) is 0 Å². The quantitative estimate of drug-likeness (QED) is 0.806. The van der Waals surface area contributed by atoms with Gasteiger partial charge in [0.15, 0.2) is 0 Å². The molecule has 1 atom stereocenters. The fourth-order valence-corrected chi connectivity index (χ4v) is 1.98. The summed E-state index contributed by atoms with van der Waals surface area (Å²) in [7, 11) is 1.84. The summed E-state index contributed by atoms with van der Waals surface area (Å²) in [6.45, 7) is 1.89. The minimum atomic E-state index is -0.318. The zero-order valence-electron chi connectivity index (χ0n) is 10.5.